The largest absolute Gasteiger partial charge is 0.348 e. The number of rotatable bonds is 6. The molecule has 128 valence electrons. The molecule has 24 heavy (non-hydrogen) atoms. The van der Waals surface area contributed by atoms with E-state index in [0.29, 0.717) is 0 Å². The number of hydrogen-bond donors (Lipinski definition) is 1. The molecule has 0 aliphatic carbocycles. The monoisotopic (exact) mass is 348 g/mol. The van der Waals surface area contributed by atoms with Crippen LogP contribution in [-0.4, -0.2) is 37.7 Å². The fourth-order valence-electron chi connectivity index (χ4n) is 2.21. The summed E-state index contributed by atoms with van der Waals surface area (Å²) in [5.74, 6) is -0.221. The zero-order valence-electron chi connectivity index (χ0n) is 13.9. The zero-order chi connectivity index (χ0) is 17.9. The van der Waals surface area contributed by atoms with Gasteiger partial charge in [0, 0.05) is 20.6 Å². The van der Waals surface area contributed by atoms with Crippen LogP contribution in [0.5, 0.6) is 0 Å². The number of sulfonamides is 1. The molecule has 1 heterocycles. The zero-order valence-corrected chi connectivity index (χ0v) is 14.7. The molecule has 0 aliphatic rings. The maximum atomic E-state index is 12.8. The Morgan fingerprint density at radius 3 is 2.58 bits per heavy atom. The summed E-state index contributed by atoms with van der Waals surface area (Å²) >= 11 is 0. The number of aryl methyl sites for hydroxylation is 2. The summed E-state index contributed by atoms with van der Waals surface area (Å²) in [6, 6.07) is 6.52. The quantitative estimate of drug-likeness (QED) is 0.801. The van der Waals surface area contributed by atoms with E-state index in [2.05, 4.69) is 17.0 Å². The topological polar surface area (TPSA) is 84.3 Å². The van der Waals surface area contributed by atoms with E-state index in [4.69, 9.17) is 0 Å². The first-order valence-corrected chi connectivity index (χ1v) is 8.69. The average molecular weight is 348 g/mol. The summed E-state index contributed by atoms with van der Waals surface area (Å²) in [6.07, 6.45) is 2.88. The molecule has 1 N–H and O–H groups in total. The summed E-state index contributed by atoms with van der Waals surface area (Å²) in [4.78, 5) is 12.4. The van der Waals surface area contributed by atoms with Gasteiger partial charge in [0.2, 0.25) is 0 Å². The molecule has 1 aromatic heterocycles. The summed E-state index contributed by atoms with van der Waals surface area (Å²) < 4.78 is 28.1. The number of nitrogens with one attached hydrogen (secondary N) is 1. The van der Waals surface area contributed by atoms with E-state index in [1.807, 2.05) is 6.92 Å². The molecule has 0 bridgehead atoms. The number of carbonyl (C=O) groups excluding carboxylic acids is 1. The number of aromatic nitrogens is 2. The molecule has 0 unspecified atom stereocenters. The molecule has 0 spiro atoms. The average Bonchev–Trinajstić information content (AvgIpc) is 2.93. The summed E-state index contributed by atoms with van der Waals surface area (Å²) in [7, 11) is -0.822. The fourth-order valence-corrected chi connectivity index (χ4v) is 3.45. The summed E-state index contributed by atoms with van der Waals surface area (Å²) in [6.45, 7) is 5.69. The molecule has 0 atom stereocenters. The van der Waals surface area contributed by atoms with E-state index in [1.54, 1.807) is 25.3 Å². The highest BCUT2D eigenvalue weighted by Gasteiger charge is 2.28. The van der Waals surface area contributed by atoms with Gasteiger partial charge in [-0.3, -0.25) is 13.8 Å². The van der Waals surface area contributed by atoms with E-state index >= 15 is 0 Å². The number of hydrogen-bond acceptors (Lipinski definition) is 4. The third kappa shape index (κ3) is 3.33. The molecule has 0 fully saturated rings. The second-order valence-electron chi connectivity index (χ2n) is 5.29. The van der Waals surface area contributed by atoms with Crippen LogP contribution in [0, 0.1) is 6.92 Å². The van der Waals surface area contributed by atoms with Gasteiger partial charge in [0.15, 0.2) is 5.82 Å². The summed E-state index contributed by atoms with van der Waals surface area (Å²) in [5.41, 5.74) is 1.14. The molecule has 1 aromatic carbocycles. The first-order chi connectivity index (χ1) is 11.3. The van der Waals surface area contributed by atoms with E-state index in [-0.39, 0.29) is 22.8 Å². The first kappa shape index (κ1) is 17.7. The van der Waals surface area contributed by atoms with Crippen LogP contribution < -0.4 is 9.62 Å². The van der Waals surface area contributed by atoms with Crippen LogP contribution in [0.4, 0.5) is 5.82 Å². The van der Waals surface area contributed by atoms with Crippen LogP contribution in [0.25, 0.3) is 0 Å². The molecule has 8 heteroatoms. The van der Waals surface area contributed by atoms with Gasteiger partial charge in [-0.25, -0.2) is 8.42 Å². The molecule has 2 aromatic rings. The minimum absolute atomic E-state index is 0.147. The Balaban J connectivity index is 2.44. The van der Waals surface area contributed by atoms with Crippen molar-refractivity contribution in [3.63, 3.8) is 0 Å². The van der Waals surface area contributed by atoms with Crippen molar-refractivity contribution in [2.24, 2.45) is 7.05 Å². The number of amides is 1. The predicted octanol–water partition coefficient (Wildman–Crippen LogP) is 1.47. The van der Waals surface area contributed by atoms with Crippen molar-refractivity contribution >= 4 is 21.7 Å². The Kier molecular flexibility index (Phi) is 5.08. The molecule has 0 saturated heterocycles. The van der Waals surface area contributed by atoms with E-state index in [0.717, 1.165) is 9.87 Å². The Hall–Kier alpha value is -2.61. The summed E-state index contributed by atoms with van der Waals surface area (Å²) in [5, 5.41) is 6.64. The van der Waals surface area contributed by atoms with Crippen LogP contribution in [0.2, 0.25) is 0 Å². The normalized spacial score (nSPS) is 11.1. The van der Waals surface area contributed by atoms with Gasteiger partial charge in [-0.2, -0.15) is 5.10 Å². The van der Waals surface area contributed by atoms with E-state index < -0.39 is 15.9 Å². The second kappa shape index (κ2) is 6.88. The lowest BCUT2D eigenvalue weighted by atomic mass is 10.2. The van der Waals surface area contributed by atoms with Crippen molar-refractivity contribution in [3.05, 3.63) is 54.2 Å². The van der Waals surface area contributed by atoms with Crippen molar-refractivity contribution in [2.45, 2.75) is 11.8 Å². The van der Waals surface area contributed by atoms with Gasteiger partial charge in [-0.15, -0.1) is 6.58 Å². The smallest absolute Gasteiger partial charge is 0.265 e. The van der Waals surface area contributed by atoms with Gasteiger partial charge in [-0.05, 0) is 19.1 Å². The maximum absolute atomic E-state index is 12.8. The van der Waals surface area contributed by atoms with Crippen LogP contribution in [0.15, 0.2) is 48.0 Å². The third-order valence-electron chi connectivity index (χ3n) is 3.54. The van der Waals surface area contributed by atoms with Crippen molar-refractivity contribution in [1.29, 1.82) is 0 Å². The lowest BCUT2D eigenvalue weighted by Crippen LogP contribution is -2.31. The Bertz CT molecular complexity index is 854. The predicted molar refractivity (Wildman–Crippen MR) is 92.5 cm³/mol. The standard InChI is InChI=1S/C16H20N4O3S/c1-5-10-17-15(21)14-11-18-19(3)16(14)20(4)24(22,23)13-8-6-12(2)7-9-13/h5-9,11H,1,10H2,2-4H3,(H,17,21). The molecular formula is C16H20N4O3S. The SMILES string of the molecule is C=CCNC(=O)c1cnn(C)c1N(C)S(=O)(=O)c1ccc(C)cc1. The van der Waals surface area contributed by atoms with E-state index in [1.165, 1.54) is 30.1 Å². The number of anilines is 1. The highest BCUT2D eigenvalue weighted by molar-refractivity contribution is 7.92. The molecule has 1 amide bonds. The van der Waals surface area contributed by atoms with Gasteiger partial charge in [0.1, 0.15) is 5.56 Å². The lowest BCUT2D eigenvalue weighted by molar-refractivity contribution is 0.0958. The number of benzene rings is 1. The number of carbonyl (C=O) groups is 1. The van der Waals surface area contributed by atoms with Crippen LogP contribution in [-0.2, 0) is 17.1 Å². The number of nitrogens with zero attached hydrogens (tertiary/aromatic N) is 3. The molecule has 7 nitrogen and oxygen atoms in total. The molecule has 0 saturated carbocycles. The van der Waals surface area contributed by atoms with E-state index in [9.17, 15) is 13.2 Å². The van der Waals surface area contributed by atoms with Gasteiger partial charge >= 0.3 is 0 Å². The third-order valence-corrected chi connectivity index (χ3v) is 5.30. The van der Waals surface area contributed by atoms with Crippen molar-refractivity contribution in [2.75, 3.05) is 17.9 Å². The molecule has 2 rings (SSSR count). The van der Waals surface area contributed by atoms with Crippen molar-refractivity contribution in [3.8, 4) is 0 Å². The van der Waals surface area contributed by atoms with Gasteiger partial charge < -0.3 is 5.32 Å². The minimum Gasteiger partial charge on any atom is -0.348 e. The van der Waals surface area contributed by atoms with Crippen LogP contribution in [0.1, 0.15) is 15.9 Å². The Labute approximate surface area is 141 Å². The minimum atomic E-state index is -3.81. The van der Waals surface area contributed by atoms with Crippen LogP contribution >= 0.6 is 0 Å². The van der Waals surface area contributed by atoms with Gasteiger partial charge in [0.05, 0.1) is 11.1 Å². The molecule has 0 aliphatic heterocycles. The van der Waals surface area contributed by atoms with Gasteiger partial charge in [-0.1, -0.05) is 23.8 Å². The van der Waals surface area contributed by atoms with Crippen molar-refractivity contribution in [1.82, 2.24) is 15.1 Å². The van der Waals surface area contributed by atoms with Gasteiger partial charge in [0.25, 0.3) is 15.9 Å². The first-order valence-electron chi connectivity index (χ1n) is 7.25. The Morgan fingerprint density at radius 1 is 1.38 bits per heavy atom. The molecular weight excluding hydrogens is 328 g/mol. The maximum Gasteiger partial charge on any atom is 0.265 e. The molecule has 0 radical (unpaired) electrons. The lowest BCUT2D eigenvalue weighted by Gasteiger charge is -2.20. The highest BCUT2D eigenvalue weighted by atomic mass is 32.2. The van der Waals surface area contributed by atoms with Crippen molar-refractivity contribution < 1.29 is 13.2 Å². The Morgan fingerprint density at radius 2 is 2.00 bits per heavy atom. The fraction of sp³-hybridized carbons (Fsp3) is 0.250. The van der Waals surface area contributed by atoms with Crippen LogP contribution in [0.3, 0.4) is 0 Å². The highest BCUT2D eigenvalue weighted by Crippen LogP contribution is 2.25. The second-order valence-corrected chi connectivity index (χ2v) is 7.26.